The van der Waals surface area contributed by atoms with E-state index in [2.05, 4.69) is 0 Å². The van der Waals surface area contributed by atoms with E-state index >= 15 is 0 Å². The first kappa shape index (κ1) is 15.3. The quantitative estimate of drug-likeness (QED) is 0.848. The Hall–Kier alpha value is -1.27. The summed E-state index contributed by atoms with van der Waals surface area (Å²) in [6.45, 7) is 1.17. The van der Waals surface area contributed by atoms with Gasteiger partial charge in [-0.25, -0.2) is 8.42 Å². The molecule has 0 radical (unpaired) electrons. The summed E-state index contributed by atoms with van der Waals surface area (Å²) in [5, 5.41) is 0. The van der Waals surface area contributed by atoms with E-state index in [1.54, 1.807) is 22.5 Å². The Morgan fingerprint density at radius 3 is 2.22 bits per heavy atom. The van der Waals surface area contributed by atoms with Crippen molar-refractivity contribution in [3.8, 4) is 11.5 Å². The van der Waals surface area contributed by atoms with Crippen LogP contribution in [0.5, 0.6) is 11.5 Å². The lowest BCUT2D eigenvalue weighted by molar-refractivity contribution is 0.296. The highest BCUT2D eigenvalue weighted by Gasteiger charge is 2.43. The molecule has 3 aliphatic rings. The third kappa shape index (κ3) is 2.94. The van der Waals surface area contributed by atoms with Gasteiger partial charge >= 0.3 is 0 Å². The van der Waals surface area contributed by atoms with Crippen molar-refractivity contribution in [3.63, 3.8) is 0 Å². The first-order valence-electron chi connectivity index (χ1n) is 8.59. The molecule has 1 heterocycles. The zero-order valence-electron chi connectivity index (χ0n) is 13.2. The van der Waals surface area contributed by atoms with Crippen LogP contribution in [0.4, 0.5) is 0 Å². The summed E-state index contributed by atoms with van der Waals surface area (Å²) in [6, 6.07) is 5.39. The molecule has 0 bridgehead atoms. The second-order valence-electron chi connectivity index (χ2n) is 6.66. The predicted molar refractivity (Wildman–Crippen MR) is 86.4 cm³/mol. The molecule has 23 heavy (non-hydrogen) atoms. The lowest BCUT2D eigenvalue weighted by Gasteiger charge is -2.28. The van der Waals surface area contributed by atoms with Gasteiger partial charge in [-0.1, -0.05) is 12.8 Å². The van der Waals surface area contributed by atoms with Gasteiger partial charge in [0.25, 0.3) is 0 Å². The third-order valence-corrected chi connectivity index (χ3v) is 6.89. The maximum atomic E-state index is 13.2. The first-order valence-corrected chi connectivity index (χ1v) is 10.0. The molecule has 0 saturated heterocycles. The van der Waals surface area contributed by atoms with Gasteiger partial charge in [0.2, 0.25) is 10.0 Å². The van der Waals surface area contributed by atoms with Crippen molar-refractivity contribution in [2.75, 3.05) is 13.2 Å². The fraction of sp³-hybridized carbons (Fsp3) is 0.647. The van der Waals surface area contributed by atoms with Crippen LogP contribution in [0.3, 0.4) is 0 Å². The molecule has 0 spiro atoms. The minimum absolute atomic E-state index is 0.170. The van der Waals surface area contributed by atoms with Gasteiger partial charge in [0.1, 0.15) is 0 Å². The summed E-state index contributed by atoms with van der Waals surface area (Å²) in [4.78, 5) is 0.334. The van der Waals surface area contributed by atoms with E-state index in [-0.39, 0.29) is 12.1 Å². The second kappa shape index (κ2) is 5.98. The second-order valence-corrected chi connectivity index (χ2v) is 8.51. The standard InChI is InChI=1S/C17H23NO4S/c19-23(20,18(14-6-7-14)13-4-1-2-5-13)15-8-9-16-17(12-15)22-11-3-10-21-16/h8-9,12-14H,1-7,10-11H2. The molecule has 1 aromatic carbocycles. The van der Waals surface area contributed by atoms with Crippen molar-refractivity contribution < 1.29 is 17.9 Å². The Bertz CT molecular complexity index is 678. The summed E-state index contributed by atoms with van der Waals surface area (Å²) in [5.41, 5.74) is 0. The fourth-order valence-electron chi connectivity index (χ4n) is 3.60. The maximum Gasteiger partial charge on any atom is 0.243 e. The summed E-state index contributed by atoms with van der Waals surface area (Å²) >= 11 is 0. The van der Waals surface area contributed by atoms with Gasteiger partial charge in [-0.15, -0.1) is 0 Å². The van der Waals surface area contributed by atoms with Crippen molar-refractivity contribution >= 4 is 10.0 Å². The molecule has 2 saturated carbocycles. The average molecular weight is 337 g/mol. The van der Waals surface area contributed by atoms with E-state index in [9.17, 15) is 8.42 Å². The molecule has 0 atom stereocenters. The van der Waals surface area contributed by atoms with E-state index < -0.39 is 10.0 Å². The van der Waals surface area contributed by atoms with Crippen molar-refractivity contribution in [3.05, 3.63) is 18.2 Å². The van der Waals surface area contributed by atoms with Crippen LogP contribution in [0.2, 0.25) is 0 Å². The van der Waals surface area contributed by atoms with Crippen molar-refractivity contribution in [1.82, 2.24) is 4.31 Å². The molecule has 5 nitrogen and oxygen atoms in total. The normalized spacial score (nSPS) is 22.3. The number of benzene rings is 1. The number of hydrogen-bond acceptors (Lipinski definition) is 4. The van der Waals surface area contributed by atoms with Crippen LogP contribution < -0.4 is 9.47 Å². The molecule has 1 aromatic rings. The number of hydrogen-bond donors (Lipinski definition) is 0. The van der Waals surface area contributed by atoms with Crippen molar-refractivity contribution in [1.29, 1.82) is 0 Å². The van der Waals surface area contributed by atoms with Crippen LogP contribution in [-0.2, 0) is 10.0 Å². The van der Waals surface area contributed by atoms with Gasteiger partial charge < -0.3 is 9.47 Å². The molecule has 6 heteroatoms. The van der Waals surface area contributed by atoms with Gasteiger partial charge in [-0.2, -0.15) is 4.31 Å². The molecule has 0 amide bonds. The first-order chi connectivity index (χ1) is 11.2. The number of nitrogens with zero attached hydrogens (tertiary/aromatic N) is 1. The number of fused-ring (bicyclic) bond motifs is 1. The smallest absolute Gasteiger partial charge is 0.243 e. The minimum Gasteiger partial charge on any atom is -0.490 e. The molecule has 0 N–H and O–H groups in total. The molecule has 0 unspecified atom stereocenters. The lowest BCUT2D eigenvalue weighted by atomic mass is 10.2. The number of sulfonamides is 1. The molecule has 2 fully saturated rings. The van der Waals surface area contributed by atoms with Gasteiger partial charge in [0.15, 0.2) is 11.5 Å². The molecular weight excluding hydrogens is 314 g/mol. The Morgan fingerprint density at radius 2 is 1.52 bits per heavy atom. The van der Waals surface area contributed by atoms with E-state index in [4.69, 9.17) is 9.47 Å². The number of rotatable bonds is 4. The maximum absolute atomic E-state index is 13.2. The lowest BCUT2D eigenvalue weighted by Crippen LogP contribution is -2.40. The van der Waals surface area contributed by atoms with Gasteiger partial charge in [-0.3, -0.25) is 0 Å². The van der Waals surface area contributed by atoms with Crippen LogP contribution in [0.15, 0.2) is 23.1 Å². The molecule has 0 aromatic heterocycles. The van der Waals surface area contributed by atoms with E-state index in [0.717, 1.165) is 44.9 Å². The Kier molecular flexibility index (Phi) is 3.97. The van der Waals surface area contributed by atoms with E-state index in [1.807, 2.05) is 0 Å². The molecule has 126 valence electrons. The average Bonchev–Trinajstić information content (AvgIpc) is 3.27. The summed E-state index contributed by atoms with van der Waals surface area (Å²) < 4.78 is 39.5. The van der Waals surface area contributed by atoms with Crippen molar-refractivity contribution in [2.45, 2.75) is 61.9 Å². The van der Waals surface area contributed by atoms with Crippen LogP contribution in [-0.4, -0.2) is 38.0 Å². The highest BCUT2D eigenvalue weighted by atomic mass is 32.2. The zero-order chi connectivity index (χ0) is 15.9. The summed E-state index contributed by atoms with van der Waals surface area (Å²) in [5.74, 6) is 1.19. The van der Waals surface area contributed by atoms with Gasteiger partial charge in [0.05, 0.1) is 18.1 Å². The van der Waals surface area contributed by atoms with Crippen molar-refractivity contribution in [2.24, 2.45) is 0 Å². The zero-order valence-corrected chi connectivity index (χ0v) is 14.1. The highest BCUT2D eigenvalue weighted by molar-refractivity contribution is 7.89. The SMILES string of the molecule is O=S(=O)(c1ccc2c(c1)OCCCO2)N(C1CCCC1)C1CC1. The number of ether oxygens (including phenoxy) is 2. The van der Waals surface area contributed by atoms with Crippen LogP contribution in [0.25, 0.3) is 0 Å². The highest BCUT2D eigenvalue weighted by Crippen LogP contribution is 2.40. The van der Waals surface area contributed by atoms with Crippen LogP contribution >= 0.6 is 0 Å². The topological polar surface area (TPSA) is 55.8 Å². The van der Waals surface area contributed by atoms with Gasteiger partial charge in [-0.05, 0) is 37.8 Å². The monoisotopic (exact) mass is 337 g/mol. The predicted octanol–water partition coefficient (Wildman–Crippen LogP) is 2.94. The largest absolute Gasteiger partial charge is 0.490 e. The molecule has 2 aliphatic carbocycles. The Morgan fingerprint density at radius 1 is 0.870 bits per heavy atom. The fourth-order valence-corrected chi connectivity index (χ4v) is 5.55. The van der Waals surface area contributed by atoms with Crippen LogP contribution in [0.1, 0.15) is 44.9 Å². The Balaban J connectivity index is 1.68. The molecule has 1 aliphatic heterocycles. The van der Waals surface area contributed by atoms with E-state index in [0.29, 0.717) is 29.6 Å². The van der Waals surface area contributed by atoms with Gasteiger partial charge in [0, 0.05) is 24.6 Å². The minimum atomic E-state index is -3.47. The molecule has 4 rings (SSSR count). The summed E-state index contributed by atoms with van der Waals surface area (Å²) in [7, 11) is -3.47. The Labute approximate surface area is 137 Å². The third-order valence-electron chi connectivity index (χ3n) is 4.89. The van der Waals surface area contributed by atoms with Crippen LogP contribution in [0, 0.1) is 0 Å². The molecular formula is C17H23NO4S. The van der Waals surface area contributed by atoms with E-state index in [1.165, 1.54) is 0 Å². The summed E-state index contributed by atoms with van der Waals surface area (Å²) in [6.07, 6.45) is 7.02.